The fraction of sp³-hybridized carbons (Fsp3) is 0.182. The van der Waals surface area contributed by atoms with Crippen LogP contribution >= 0.6 is 11.6 Å². The molecule has 2 aromatic rings. The van der Waals surface area contributed by atoms with Crippen LogP contribution in [0.25, 0.3) is 0 Å². The van der Waals surface area contributed by atoms with E-state index in [0.29, 0.717) is 14.6 Å². The van der Waals surface area contributed by atoms with E-state index in [2.05, 4.69) is 4.98 Å². The summed E-state index contributed by atoms with van der Waals surface area (Å²) in [4.78, 5) is 13.7. The van der Waals surface area contributed by atoms with E-state index in [4.69, 9.17) is 11.6 Å². The van der Waals surface area contributed by atoms with Crippen LogP contribution in [-0.2, 0) is 10.0 Å². The predicted octanol–water partition coefficient (Wildman–Crippen LogP) is 2.30. The molecule has 0 aliphatic carbocycles. The summed E-state index contributed by atoms with van der Waals surface area (Å²) < 4.78 is 25.6. The van der Waals surface area contributed by atoms with Crippen LogP contribution in [0.2, 0.25) is 5.02 Å². The molecule has 0 unspecified atom stereocenters. The van der Waals surface area contributed by atoms with Crippen molar-refractivity contribution in [3.8, 4) is 0 Å². The average molecular weight is 316 g/mol. The first kappa shape index (κ1) is 14.5. The third kappa shape index (κ3) is 2.27. The van der Waals surface area contributed by atoms with E-state index in [1.165, 1.54) is 25.1 Å². The Morgan fingerprint density at radius 2 is 2.00 bits per heavy atom. The Labute approximate surface area is 120 Å². The standard InChI is InChI=1S/C11H10ClN3O4S/c1-7-5-9(3-4-10(7)12)20(18,19)14-8(2)13-6-11(14)15(16)17/h3-6H,1-2H3. The van der Waals surface area contributed by atoms with Crippen molar-refractivity contribution in [2.75, 3.05) is 0 Å². The second-order valence-electron chi connectivity index (χ2n) is 4.10. The van der Waals surface area contributed by atoms with Crippen molar-refractivity contribution < 1.29 is 13.3 Å². The number of nitro groups is 1. The van der Waals surface area contributed by atoms with Gasteiger partial charge in [0.05, 0.1) is 0 Å². The maximum absolute atomic E-state index is 12.5. The maximum atomic E-state index is 12.5. The lowest BCUT2D eigenvalue weighted by molar-refractivity contribution is -0.390. The molecule has 0 bridgehead atoms. The van der Waals surface area contributed by atoms with Crippen molar-refractivity contribution in [3.63, 3.8) is 0 Å². The monoisotopic (exact) mass is 315 g/mol. The minimum absolute atomic E-state index is 0.0179. The minimum atomic E-state index is -4.09. The summed E-state index contributed by atoms with van der Waals surface area (Å²) in [6.45, 7) is 3.03. The van der Waals surface area contributed by atoms with Crippen molar-refractivity contribution in [1.29, 1.82) is 0 Å². The molecule has 1 aromatic carbocycles. The number of nitrogens with zero attached hydrogens (tertiary/aromatic N) is 3. The zero-order valence-corrected chi connectivity index (χ0v) is 12.1. The fourth-order valence-electron chi connectivity index (χ4n) is 1.72. The molecule has 0 radical (unpaired) electrons. The average Bonchev–Trinajstić information content (AvgIpc) is 2.75. The summed E-state index contributed by atoms with van der Waals surface area (Å²) in [5, 5.41) is 11.3. The molecule has 0 saturated carbocycles. The van der Waals surface area contributed by atoms with Gasteiger partial charge in [-0.25, -0.2) is 4.98 Å². The SMILES string of the molecule is Cc1cc(S(=O)(=O)n2c([N+](=O)[O-])cnc2C)ccc1Cl. The summed E-state index contributed by atoms with van der Waals surface area (Å²) in [6, 6.07) is 4.09. The third-order valence-electron chi connectivity index (χ3n) is 2.72. The molecule has 2 rings (SSSR count). The van der Waals surface area contributed by atoms with Crippen LogP contribution in [-0.4, -0.2) is 22.3 Å². The molecular weight excluding hydrogens is 306 g/mol. The topological polar surface area (TPSA) is 95.1 Å². The highest BCUT2D eigenvalue weighted by atomic mass is 35.5. The molecule has 1 heterocycles. The Morgan fingerprint density at radius 3 is 2.55 bits per heavy atom. The summed E-state index contributed by atoms with van der Waals surface area (Å²) >= 11 is 5.85. The molecule has 0 atom stereocenters. The zero-order chi connectivity index (χ0) is 15.1. The second-order valence-corrected chi connectivity index (χ2v) is 6.30. The lowest BCUT2D eigenvalue weighted by Gasteiger charge is -2.06. The van der Waals surface area contributed by atoms with Gasteiger partial charge in [-0.1, -0.05) is 15.6 Å². The van der Waals surface area contributed by atoms with Crippen LogP contribution < -0.4 is 0 Å². The number of rotatable bonds is 3. The van der Waals surface area contributed by atoms with Gasteiger partial charge in [-0.2, -0.15) is 8.42 Å². The van der Waals surface area contributed by atoms with Crippen LogP contribution in [0.5, 0.6) is 0 Å². The Kier molecular flexibility index (Phi) is 3.53. The normalized spacial score (nSPS) is 11.6. The highest BCUT2D eigenvalue weighted by molar-refractivity contribution is 7.90. The lowest BCUT2D eigenvalue weighted by Crippen LogP contribution is -2.16. The van der Waals surface area contributed by atoms with Gasteiger partial charge in [0, 0.05) is 11.9 Å². The van der Waals surface area contributed by atoms with Crippen molar-refractivity contribution in [3.05, 3.63) is 50.9 Å². The van der Waals surface area contributed by atoms with Crippen molar-refractivity contribution in [2.45, 2.75) is 18.7 Å². The van der Waals surface area contributed by atoms with E-state index >= 15 is 0 Å². The van der Waals surface area contributed by atoms with E-state index in [-0.39, 0.29) is 10.7 Å². The molecule has 20 heavy (non-hydrogen) atoms. The lowest BCUT2D eigenvalue weighted by atomic mass is 10.2. The number of aryl methyl sites for hydroxylation is 2. The highest BCUT2D eigenvalue weighted by Crippen LogP contribution is 2.25. The van der Waals surface area contributed by atoms with Gasteiger partial charge >= 0.3 is 15.8 Å². The molecule has 9 heteroatoms. The number of benzene rings is 1. The molecule has 0 spiro atoms. The first-order valence-electron chi connectivity index (χ1n) is 5.45. The second kappa shape index (κ2) is 4.88. The van der Waals surface area contributed by atoms with E-state index in [0.717, 1.165) is 6.20 Å². The first-order chi connectivity index (χ1) is 9.25. The Balaban J connectivity index is 2.70. The van der Waals surface area contributed by atoms with Gasteiger partial charge < -0.3 is 10.1 Å². The van der Waals surface area contributed by atoms with Gasteiger partial charge in [-0.05, 0) is 35.6 Å². The molecule has 0 N–H and O–H groups in total. The van der Waals surface area contributed by atoms with Gasteiger partial charge in [0.2, 0.25) is 5.82 Å². The van der Waals surface area contributed by atoms with Crippen molar-refractivity contribution in [1.82, 2.24) is 8.96 Å². The van der Waals surface area contributed by atoms with Crippen molar-refractivity contribution in [2.24, 2.45) is 0 Å². The Hall–Kier alpha value is -1.93. The number of halogens is 1. The molecule has 1 aromatic heterocycles. The molecule has 0 aliphatic heterocycles. The molecule has 0 amide bonds. The summed E-state index contributed by atoms with van der Waals surface area (Å²) in [5.74, 6) is -0.584. The Bertz CT molecular complexity index is 798. The van der Waals surface area contributed by atoms with Gasteiger partial charge in [0.25, 0.3) is 0 Å². The molecule has 0 saturated heterocycles. The van der Waals surface area contributed by atoms with Gasteiger partial charge in [0.1, 0.15) is 11.1 Å². The minimum Gasteiger partial charge on any atom is -0.358 e. The Morgan fingerprint density at radius 1 is 1.35 bits per heavy atom. The van der Waals surface area contributed by atoms with Gasteiger partial charge in [-0.15, -0.1) is 0 Å². The number of imidazole rings is 1. The van der Waals surface area contributed by atoms with Crippen LogP contribution in [0.1, 0.15) is 11.4 Å². The van der Waals surface area contributed by atoms with E-state index in [1.54, 1.807) is 6.92 Å². The summed E-state index contributed by atoms with van der Waals surface area (Å²) in [6.07, 6.45) is 0.912. The highest BCUT2D eigenvalue weighted by Gasteiger charge is 2.31. The first-order valence-corrected chi connectivity index (χ1v) is 7.27. The van der Waals surface area contributed by atoms with Crippen LogP contribution in [0.4, 0.5) is 5.82 Å². The van der Waals surface area contributed by atoms with E-state index in [9.17, 15) is 18.5 Å². The molecule has 7 nitrogen and oxygen atoms in total. The summed E-state index contributed by atoms with van der Waals surface area (Å²) in [5.41, 5.74) is 0.563. The smallest absolute Gasteiger partial charge is 0.358 e. The van der Waals surface area contributed by atoms with Crippen molar-refractivity contribution >= 4 is 27.4 Å². The van der Waals surface area contributed by atoms with Gasteiger partial charge in [0.15, 0.2) is 0 Å². The predicted molar refractivity (Wildman–Crippen MR) is 72.4 cm³/mol. The fourth-order valence-corrected chi connectivity index (χ4v) is 3.37. The quantitative estimate of drug-likeness (QED) is 0.639. The van der Waals surface area contributed by atoms with Gasteiger partial charge in [-0.3, -0.25) is 0 Å². The number of hydrogen-bond acceptors (Lipinski definition) is 5. The number of aromatic nitrogens is 2. The van der Waals surface area contributed by atoms with Crippen LogP contribution in [0.15, 0.2) is 29.3 Å². The molecule has 0 fully saturated rings. The third-order valence-corrected chi connectivity index (χ3v) is 4.93. The van der Waals surface area contributed by atoms with Crippen LogP contribution in [0, 0.1) is 24.0 Å². The molecule has 106 valence electrons. The van der Waals surface area contributed by atoms with E-state index in [1.807, 2.05) is 0 Å². The largest absolute Gasteiger partial charge is 0.358 e. The van der Waals surface area contributed by atoms with Crippen LogP contribution in [0.3, 0.4) is 0 Å². The number of hydrogen-bond donors (Lipinski definition) is 0. The molecular formula is C11H10ClN3O4S. The zero-order valence-electron chi connectivity index (χ0n) is 10.6. The summed E-state index contributed by atoms with van der Waals surface area (Å²) in [7, 11) is -4.09. The maximum Gasteiger partial charge on any atom is 0.358 e. The van der Waals surface area contributed by atoms with E-state index < -0.39 is 20.8 Å². The molecule has 0 aliphatic rings.